The van der Waals surface area contributed by atoms with Crippen LogP contribution in [0.2, 0.25) is 0 Å². The number of halogens is 1. The molecule has 1 fully saturated rings. The largest absolute Gasteiger partial charge is 0.463 e. The molecule has 0 radical (unpaired) electrons. The maximum absolute atomic E-state index is 12.0. The van der Waals surface area contributed by atoms with Crippen molar-refractivity contribution in [1.82, 2.24) is 4.90 Å². The minimum atomic E-state index is -0.371. The van der Waals surface area contributed by atoms with Crippen LogP contribution in [0.5, 0.6) is 0 Å². The number of benzene rings is 1. The summed E-state index contributed by atoms with van der Waals surface area (Å²) < 4.78 is 5.36. The number of carbonyl (C=O) groups is 1. The average molecular weight is 340 g/mol. The second kappa shape index (κ2) is 7.79. The Labute approximate surface area is 129 Å². The summed E-state index contributed by atoms with van der Waals surface area (Å²) in [6.45, 7) is 5.62. The molecular weight excluding hydrogens is 318 g/mol. The highest BCUT2D eigenvalue weighted by Gasteiger charge is 2.19. The molecule has 0 aliphatic carbocycles. The topological polar surface area (TPSA) is 29.5 Å². The third-order valence-corrected chi connectivity index (χ3v) is 4.58. The second-order valence-corrected chi connectivity index (χ2v) is 6.26. The van der Waals surface area contributed by atoms with Crippen molar-refractivity contribution < 1.29 is 9.53 Å². The predicted octanol–water partition coefficient (Wildman–Crippen LogP) is 3.46. The van der Waals surface area contributed by atoms with E-state index in [0.717, 1.165) is 25.2 Å². The van der Waals surface area contributed by atoms with Crippen LogP contribution in [0.25, 0.3) is 0 Å². The van der Waals surface area contributed by atoms with Crippen molar-refractivity contribution in [3.05, 3.63) is 35.4 Å². The highest BCUT2D eigenvalue weighted by molar-refractivity contribution is 9.09. The fourth-order valence-corrected chi connectivity index (χ4v) is 2.84. The molecular formula is C16H22BrNO2. The summed E-state index contributed by atoms with van der Waals surface area (Å²) in [5.41, 5.74) is 2.13. The molecule has 1 aliphatic heterocycles. The summed E-state index contributed by atoms with van der Waals surface area (Å²) in [7, 11) is 0. The van der Waals surface area contributed by atoms with Gasteiger partial charge < -0.3 is 4.74 Å². The van der Waals surface area contributed by atoms with Crippen molar-refractivity contribution >= 4 is 21.9 Å². The maximum atomic E-state index is 12.0. The molecule has 1 saturated heterocycles. The van der Waals surface area contributed by atoms with E-state index in [1.54, 1.807) is 0 Å². The van der Waals surface area contributed by atoms with Gasteiger partial charge in [0.15, 0.2) is 0 Å². The molecule has 1 atom stereocenters. The highest BCUT2D eigenvalue weighted by Crippen LogP contribution is 2.24. The number of hydrogen-bond acceptors (Lipinski definition) is 3. The van der Waals surface area contributed by atoms with Gasteiger partial charge in [-0.25, -0.2) is 0 Å². The van der Waals surface area contributed by atoms with E-state index in [1.807, 2.05) is 31.2 Å². The molecule has 1 aromatic rings. The van der Waals surface area contributed by atoms with Gasteiger partial charge >= 0.3 is 5.97 Å². The monoisotopic (exact) mass is 339 g/mol. The number of nitrogens with zero attached hydrogens (tertiary/aromatic N) is 1. The lowest BCUT2D eigenvalue weighted by molar-refractivity contribution is -0.143. The number of alkyl halides is 1. The summed E-state index contributed by atoms with van der Waals surface area (Å²) in [6.07, 6.45) is 3.85. The first-order chi connectivity index (χ1) is 9.66. The van der Waals surface area contributed by atoms with E-state index in [1.165, 1.54) is 24.8 Å². The van der Waals surface area contributed by atoms with Crippen LogP contribution in [0, 0.1) is 6.92 Å². The molecule has 20 heavy (non-hydrogen) atoms. The van der Waals surface area contributed by atoms with Gasteiger partial charge in [-0.2, -0.15) is 0 Å². The SMILES string of the molecule is Cc1ccc(C(Br)C(=O)OCCN2CCCCC2)cc1. The Bertz CT molecular complexity index is 427. The molecule has 3 nitrogen and oxygen atoms in total. The van der Waals surface area contributed by atoms with Crippen molar-refractivity contribution in [3.63, 3.8) is 0 Å². The Hall–Kier alpha value is -0.870. The van der Waals surface area contributed by atoms with E-state index in [0.29, 0.717) is 6.61 Å². The number of rotatable bonds is 5. The van der Waals surface area contributed by atoms with Crippen LogP contribution in [0.1, 0.15) is 35.2 Å². The first-order valence-electron chi connectivity index (χ1n) is 7.26. The van der Waals surface area contributed by atoms with Crippen molar-refractivity contribution in [2.45, 2.75) is 31.0 Å². The molecule has 1 heterocycles. The molecule has 0 spiro atoms. The molecule has 4 heteroatoms. The zero-order valence-electron chi connectivity index (χ0n) is 12.0. The first kappa shape index (κ1) is 15.5. The van der Waals surface area contributed by atoms with Gasteiger partial charge in [-0.15, -0.1) is 0 Å². The van der Waals surface area contributed by atoms with E-state index in [2.05, 4.69) is 20.8 Å². The van der Waals surface area contributed by atoms with Gasteiger partial charge in [-0.05, 0) is 38.4 Å². The van der Waals surface area contributed by atoms with Crippen molar-refractivity contribution in [3.8, 4) is 0 Å². The lowest BCUT2D eigenvalue weighted by Crippen LogP contribution is -2.33. The van der Waals surface area contributed by atoms with Gasteiger partial charge in [-0.1, -0.05) is 52.2 Å². The Kier molecular flexibility index (Phi) is 6.05. The minimum Gasteiger partial charge on any atom is -0.463 e. The van der Waals surface area contributed by atoms with Gasteiger partial charge in [0.1, 0.15) is 11.4 Å². The Morgan fingerprint density at radius 3 is 2.55 bits per heavy atom. The van der Waals surface area contributed by atoms with Crippen LogP contribution in [-0.4, -0.2) is 37.1 Å². The number of aryl methyl sites for hydroxylation is 1. The minimum absolute atomic E-state index is 0.203. The summed E-state index contributed by atoms with van der Waals surface area (Å²) >= 11 is 3.41. The van der Waals surface area contributed by atoms with Gasteiger partial charge in [0.05, 0.1) is 0 Å². The number of piperidine rings is 1. The first-order valence-corrected chi connectivity index (χ1v) is 8.18. The average Bonchev–Trinajstić information content (AvgIpc) is 2.48. The Morgan fingerprint density at radius 1 is 1.25 bits per heavy atom. The number of likely N-dealkylation sites (tertiary alicyclic amines) is 1. The fourth-order valence-electron chi connectivity index (χ4n) is 2.40. The zero-order chi connectivity index (χ0) is 14.4. The van der Waals surface area contributed by atoms with Crippen LogP contribution < -0.4 is 0 Å². The molecule has 110 valence electrons. The summed E-state index contributed by atoms with van der Waals surface area (Å²) in [5, 5.41) is 0. The van der Waals surface area contributed by atoms with E-state index < -0.39 is 0 Å². The van der Waals surface area contributed by atoms with Gasteiger partial charge in [-0.3, -0.25) is 9.69 Å². The molecule has 0 amide bonds. The van der Waals surface area contributed by atoms with E-state index >= 15 is 0 Å². The summed E-state index contributed by atoms with van der Waals surface area (Å²) in [5.74, 6) is -0.203. The Balaban J connectivity index is 1.74. The van der Waals surface area contributed by atoms with Crippen LogP contribution in [0.4, 0.5) is 0 Å². The normalized spacial score (nSPS) is 17.7. The van der Waals surface area contributed by atoms with Crippen LogP contribution >= 0.6 is 15.9 Å². The lowest BCUT2D eigenvalue weighted by Gasteiger charge is -2.26. The summed E-state index contributed by atoms with van der Waals surface area (Å²) in [4.78, 5) is 14.0. The summed E-state index contributed by atoms with van der Waals surface area (Å²) in [6, 6.07) is 7.93. The number of carbonyl (C=O) groups excluding carboxylic acids is 1. The molecule has 0 N–H and O–H groups in total. The quantitative estimate of drug-likeness (QED) is 0.607. The van der Waals surface area contributed by atoms with E-state index in [-0.39, 0.29) is 10.8 Å². The molecule has 0 bridgehead atoms. The third-order valence-electron chi connectivity index (χ3n) is 3.68. The molecule has 1 unspecified atom stereocenters. The van der Waals surface area contributed by atoms with Crippen molar-refractivity contribution in [2.24, 2.45) is 0 Å². The van der Waals surface area contributed by atoms with E-state index in [9.17, 15) is 4.79 Å². The van der Waals surface area contributed by atoms with Crippen LogP contribution in [0.15, 0.2) is 24.3 Å². The standard InChI is InChI=1S/C16H22BrNO2/c1-13-5-7-14(8-6-13)15(17)16(19)20-12-11-18-9-3-2-4-10-18/h5-8,15H,2-4,9-12H2,1H3. The molecule has 0 saturated carbocycles. The Morgan fingerprint density at radius 2 is 1.90 bits per heavy atom. The third kappa shape index (κ3) is 4.60. The molecule has 2 rings (SSSR count). The van der Waals surface area contributed by atoms with Crippen molar-refractivity contribution in [2.75, 3.05) is 26.2 Å². The predicted molar refractivity (Wildman–Crippen MR) is 84.1 cm³/mol. The fraction of sp³-hybridized carbons (Fsp3) is 0.562. The van der Waals surface area contributed by atoms with Gasteiger partial charge in [0, 0.05) is 6.54 Å². The lowest BCUT2D eigenvalue weighted by atomic mass is 10.1. The van der Waals surface area contributed by atoms with Crippen LogP contribution in [0.3, 0.4) is 0 Å². The number of ether oxygens (including phenoxy) is 1. The van der Waals surface area contributed by atoms with Gasteiger partial charge in [0.2, 0.25) is 0 Å². The molecule has 1 aromatic carbocycles. The van der Waals surface area contributed by atoms with E-state index in [4.69, 9.17) is 4.74 Å². The number of hydrogen-bond donors (Lipinski definition) is 0. The van der Waals surface area contributed by atoms with Crippen molar-refractivity contribution in [1.29, 1.82) is 0 Å². The molecule has 1 aliphatic rings. The molecule has 0 aromatic heterocycles. The number of esters is 1. The smallest absolute Gasteiger partial charge is 0.324 e. The van der Waals surface area contributed by atoms with Crippen LogP contribution in [-0.2, 0) is 9.53 Å². The zero-order valence-corrected chi connectivity index (χ0v) is 13.6. The van der Waals surface area contributed by atoms with Gasteiger partial charge in [0.25, 0.3) is 0 Å². The highest BCUT2D eigenvalue weighted by atomic mass is 79.9. The maximum Gasteiger partial charge on any atom is 0.324 e. The second-order valence-electron chi connectivity index (χ2n) is 5.34.